The maximum atomic E-state index is 10.2. The molecule has 0 radical (unpaired) electrons. The second kappa shape index (κ2) is 2.31. The molecule has 1 atom stereocenters. The zero-order valence-electron chi connectivity index (χ0n) is 4.23. The van der Waals surface area contributed by atoms with Crippen molar-refractivity contribution in [3.8, 4) is 0 Å². The van der Waals surface area contributed by atoms with Crippen LogP contribution < -0.4 is 5.32 Å². The lowest BCUT2D eigenvalue weighted by Gasteiger charge is -2.22. The molecular weight excluding hydrogens is 170 g/mol. The molecule has 1 amide bonds. The van der Waals surface area contributed by atoms with Crippen LogP contribution in [0.4, 0.5) is 0 Å². The molecule has 3 heteroatoms. The van der Waals surface area contributed by atoms with Crippen LogP contribution in [0.5, 0.6) is 0 Å². The molecule has 1 aliphatic heterocycles. The van der Waals surface area contributed by atoms with Crippen molar-refractivity contribution in [3.63, 3.8) is 0 Å². The van der Waals surface area contributed by atoms with E-state index in [9.17, 15) is 4.79 Å². The maximum absolute atomic E-state index is 10.2. The van der Waals surface area contributed by atoms with Gasteiger partial charge < -0.3 is 5.32 Å². The van der Waals surface area contributed by atoms with Gasteiger partial charge >= 0.3 is 0 Å². The van der Waals surface area contributed by atoms with Crippen molar-refractivity contribution in [2.45, 2.75) is 12.5 Å². The number of carbonyl (C=O) groups is 1. The van der Waals surface area contributed by atoms with E-state index in [1.54, 1.807) is 4.99 Å². The lowest BCUT2D eigenvalue weighted by atomic mass is 10.1. The second-order valence-electron chi connectivity index (χ2n) is 1.70. The number of amides is 1. The zero-order valence-corrected chi connectivity index (χ0v) is 5.81. The summed E-state index contributed by atoms with van der Waals surface area (Å²) >= 11 is 3.11. The minimum atomic E-state index is 0.139. The molecular formula is C5H6BrNO. The molecule has 0 aromatic carbocycles. The highest BCUT2D eigenvalue weighted by molar-refractivity contribution is 9.11. The average Bonchev–Trinajstić information content (AvgIpc) is 1.64. The van der Waals surface area contributed by atoms with Crippen LogP contribution in [0.1, 0.15) is 6.42 Å². The van der Waals surface area contributed by atoms with Crippen LogP contribution in [-0.4, -0.2) is 11.9 Å². The Bertz CT molecular complexity index is 124. The third-order valence-corrected chi connectivity index (χ3v) is 1.36. The number of nitrogens with one attached hydrogen (secondary N) is 1. The number of rotatable bonds is 1. The van der Waals surface area contributed by atoms with Crippen LogP contribution in [0.2, 0.25) is 0 Å². The summed E-state index contributed by atoms with van der Waals surface area (Å²) in [7, 11) is 0. The molecule has 0 spiro atoms. The normalized spacial score (nSPS) is 27.6. The van der Waals surface area contributed by atoms with Crippen molar-refractivity contribution in [1.29, 1.82) is 0 Å². The number of carbonyl (C=O) groups excluding carboxylic acids is 1. The van der Waals surface area contributed by atoms with Gasteiger partial charge in [-0.2, -0.15) is 0 Å². The van der Waals surface area contributed by atoms with Gasteiger partial charge in [0.15, 0.2) is 0 Å². The highest BCUT2D eigenvalue weighted by Gasteiger charge is 2.21. The largest absolute Gasteiger partial charge is 0.349 e. The highest BCUT2D eigenvalue weighted by atomic mass is 79.9. The highest BCUT2D eigenvalue weighted by Crippen LogP contribution is 2.05. The smallest absolute Gasteiger partial charge is 0.222 e. The molecule has 0 bridgehead atoms. The summed E-state index contributed by atoms with van der Waals surface area (Å²) < 4.78 is 0. The molecule has 1 N–H and O–H groups in total. The Kier molecular flexibility index (Phi) is 1.68. The van der Waals surface area contributed by atoms with E-state index >= 15 is 0 Å². The molecule has 44 valence electrons. The molecule has 8 heavy (non-hydrogen) atoms. The predicted molar refractivity (Wildman–Crippen MR) is 34.6 cm³/mol. The first-order valence-corrected chi connectivity index (χ1v) is 3.31. The number of β-lactam (4-membered cyclic amide) rings is 1. The van der Waals surface area contributed by atoms with Crippen LogP contribution in [-0.2, 0) is 4.79 Å². The summed E-state index contributed by atoms with van der Waals surface area (Å²) in [4.78, 5) is 12.0. The van der Waals surface area contributed by atoms with Gasteiger partial charge in [0.05, 0.1) is 12.5 Å². The third-order valence-electron chi connectivity index (χ3n) is 1.06. The lowest BCUT2D eigenvalue weighted by Crippen LogP contribution is -2.46. The van der Waals surface area contributed by atoms with Crippen LogP contribution >= 0.6 is 15.9 Å². The number of hydrogen-bond donors (Lipinski definition) is 1. The van der Waals surface area contributed by atoms with Crippen molar-refractivity contribution in [2.24, 2.45) is 0 Å². The Morgan fingerprint density at radius 2 is 2.50 bits per heavy atom. The molecule has 2 nitrogen and oxygen atoms in total. The van der Waals surface area contributed by atoms with Gasteiger partial charge in [-0.15, -0.1) is 0 Å². The Morgan fingerprint density at radius 1 is 1.88 bits per heavy atom. The second-order valence-corrected chi connectivity index (χ2v) is 2.23. The average molecular weight is 176 g/mol. The number of hydrogen-bond acceptors (Lipinski definition) is 1. The first-order valence-electron chi connectivity index (χ1n) is 2.39. The van der Waals surface area contributed by atoms with Gasteiger partial charge in [0.2, 0.25) is 5.91 Å². The zero-order chi connectivity index (χ0) is 5.98. The molecule has 1 fully saturated rings. The van der Waals surface area contributed by atoms with Crippen molar-refractivity contribution in [2.75, 3.05) is 0 Å². The lowest BCUT2D eigenvalue weighted by molar-refractivity contribution is -0.127. The van der Waals surface area contributed by atoms with Gasteiger partial charge in [-0.3, -0.25) is 4.79 Å². The Balaban J connectivity index is 2.25. The maximum Gasteiger partial charge on any atom is 0.222 e. The summed E-state index contributed by atoms with van der Waals surface area (Å²) in [6, 6.07) is 0.280. The molecule has 0 aromatic heterocycles. The fraction of sp³-hybridized carbons (Fsp3) is 0.400. The van der Waals surface area contributed by atoms with Gasteiger partial charge in [0.1, 0.15) is 0 Å². The monoisotopic (exact) mass is 175 g/mol. The third kappa shape index (κ3) is 1.10. The summed E-state index contributed by atoms with van der Waals surface area (Å²) in [5, 5.41) is 2.69. The fourth-order valence-electron chi connectivity index (χ4n) is 0.589. The Morgan fingerprint density at radius 3 is 2.88 bits per heavy atom. The van der Waals surface area contributed by atoms with E-state index in [1.807, 2.05) is 6.08 Å². The summed E-state index contributed by atoms with van der Waals surface area (Å²) in [5.41, 5.74) is 0. The van der Waals surface area contributed by atoms with Crippen LogP contribution in [0.15, 0.2) is 11.1 Å². The SMILES string of the molecule is O=C1CC(/C=C/Br)N1. The summed E-state index contributed by atoms with van der Waals surface area (Å²) in [5.74, 6) is 0.139. The molecule has 1 heterocycles. The standard InChI is InChI=1S/C5H6BrNO/c6-2-1-4-3-5(8)7-4/h1-2,4H,3H2,(H,7,8)/b2-1+. The van der Waals surface area contributed by atoms with Crippen LogP contribution in [0.3, 0.4) is 0 Å². The van der Waals surface area contributed by atoms with E-state index in [1.165, 1.54) is 0 Å². The molecule has 0 aromatic rings. The minimum Gasteiger partial charge on any atom is -0.349 e. The molecule has 1 saturated heterocycles. The van der Waals surface area contributed by atoms with Gasteiger partial charge in [-0.05, 0) is 4.99 Å². The van der Waals surface area contributed by atoms with E-state index in [2.05, 4.69) is 21.2 Å². The van der Waals surface area contributed by atoms with Crippen molar-refractivity contribution < 1.29 is 4.79 Å². The quantitative estimate of drug-likeness (QED) is 0.587. The van der Waals surface area contributed by atoms with Gasteiger partial charge in [-0.25, -0.2) is 0 Å². The number of halogens is 1. The van der Waals surface area contributed by atoms with Gasteiger partial charge in [-0.1, -0.05) is 22.0 Å². The van der Waals surface area contributed by atoms with E-state index in [0.717, 1.165) is 0 Å². The van der Waals surface area contributed by atoms with Gasteiger partial charge in [0.25, 0.3) is 0 Å². The van der Waals surface area contributed by atoms with Crippen molar-refractivity contribution >= 4 is 21.8 Å². The van der Waals surface area contributed by atoms with Crippen LogP contribution in [0.25, 0.3) is 0 Å². The van der Waals surface area contributed by atoms with Gasteiger partial charge in [0, 0.05) is 0 Å². The topological polar surface area (TPSA) is 29.1 Å². The van der Waals surface area contributed by atoms with Crippen molar-refractivity contribution in [1.82, 2.24) is 5.32 Å². The van der Waals surface area contributed by atoms with E-state index in [-0.39, 0.29) is 11.9 Å². The molecule has 0 aliphatic carbocycles. The predicted octanol–water partition coefficient (Wildman–Crippen LogP) is 0.784. The van der Waals surface area contributed by atoms with Crippen LogP contribution in [0, 0.1) is 0 Å². The summed E-state index contributed by atoms with van der Waals surface area (Å²) in [6.07, 6.45) is 2.55. The molecule has 1 aliphatic rings. The van der Waals surface area contributed by atoms with E-state index in [4.69, 9.17) is 0 Å². The minimum absolute atomic E-state index is 0.139. The van der Waals surface area contributed by atoms with E-state index in [0.29, 0.717) is 6.42 Å². The molecule has 1 rings (SSSR count). The fourth-order valence-corrected chi connectivity index (χ4v) is 0.958. The first-order chi connectivity index (χ1) is 3.83. The molecule has 0 saturated carbocycles. The first kappa shape index (κ1) is 5.82. The molecule has 1 unspecified atom stereocenters. The summed E-state index contributed by atoms with van der Waals surface area (Å²) in [6.45, 7) is 0. The Labute approximate surface area is 56.1 Å². The Hall–Kier alpha value is -0.310. The van der Waals surface area contributed by atoms with E-state index < -0.39 is 0 Å². The van der Waals surface area contributed by atoms with Crippen molar-refractivity contribution in [3.05, 3.63) is 11.1 Å².